The molecule has 0 bridgehead atoms. The van der Waals surface area contributed by atoms with Crippen molar-refractivity contribution in [3.05, 3.63) is 24.2 Å². The molecule has 1 aliphatic rings. The Hall–Kier alpha value is -1.91. The Kier molecular flexibility index (Phi) is 3.19. The Labute approximate surface area is 112 Å². The van der Waals surface area contributed by atoms with E-state index in [1.54, 1.807) is 6.20 Å². The monoisotopic (exact) mass is 258 g/mol. The van der Waals surface area contributed by atoms with E-state index in [4.69, 9.17) is 4.52 Å². The summed E-state index contributed by atoms with van der Waals surface area (Å²) in [5.41, 5.74) is 0.880. The molecule has 5 nitrogen and oxygen atoms in total. The second-order valence-corrected chi connectivity index (χ2v) is 5.08. The predicted molar refractivity (Wildman–Crippen MR) is 72.7 cm³/mol. The lowest BCUT2D eigenvalue weighted by molar-refractivity contribution is 0.425. The first-order valence-corrected chi connectivity index (χ1v) is 6.80. The van der Waals surface area contributed by atoms with E-state index in [-0.39, 0.29) is 0 Å². The molecule has 3 rings (SSSR count). The Morgan fingerprint density at radius 2 is 2.37 bits per heavy atom. The van der Waals surface area contributed by atoms with Gasteiger partial charge in [-0.25, -0.2) is 4.98 Å². The van der Waals surface area contributed by atoms with Crippen molar-refractivity contribution in [2.45, 2.75) is 39.2 Å². The molecule has 1 saturated carbocycles. The number of nitrogens with one attached hydrogen (secondary N) is 1. The number of aryl methyl sites for hydroxylation is 1. The van der Waals surface area contributed by atoms with Gasteiger partial charge in [0.1, 0.15) is 5.82 Å². The third-order valence-electron chi connectivity index (χ3n) is 3.47. The molecule has 0 aromatic carbocycles. The molecule has 0 spiro atoms. The summed E-state index contributed by atoms with van der Waals surface area (Å²) < 4.78 is 5.23. The normalized spacial score (nSPS) is 21.4. The van der Waals surface area contributed by atoms with Crippen LogP contribution in [0.3, 0.4) is 0 Å². The highest BCUT2D eigenvalue weighted by Gasteiger charge is 2.36. The van der Waals surface area contributed by atoms with Gasteiger partial charge in [0.15, 0.2) is 5.82 Å². The molecule has 0 radical (unpaired) electrons. The van der Waals surface area contributed by atoms with Crippen LogP contribution >= 0.6 is 0 Å². The van der Waals surface area contributed by atoms with Crippen LogP contribution in [0, 0.1) is 12.8 Å². The summed E-state index contributed by atoms with van der Waals surface area (Å²) in [6, 6.07) is 4.38. The maximum absolute atomic E-state index is 5.23. The van der Waals surface area contributed by atoms with E-state index in [0.717, 1.165) is 17.3 Å². The highest BCUT2D eigenvalue weighted by Crippen LogP contribution is 2.38. The lowest BCUT2D eigenvalue weighted by Crippen LogP contribution is -2.07. The molecule has 1 fully saturated rings. The maximum Gasteiger partial charge on any atom is 0.261 e. The van der Waals surface area contributed by atoms with Gasteiger partial charge < -0.3 is 9.84 Å². The molecule has 19 heavy (non-hydrogen) atoms. The van der Waals surface area contributed by atoms with E-state index in [0.29, 0.717) is 17.8 Å². The van der Waals surface area contributed by atoms with Crippen molar-refractivity contribution in [2.75, 3.05) is 5.32 Å². The van der Waals surface area contributed by atoms with Crippen molar-refractivity contribution in [2.24, 2.45) is 5.92 Å². The molecule has 0 amide bonds. The number of nitrogens with zero attached hydrogens (tertiary/aromatic N) is 3. The number of anilines is 1. The molecule has 2 heterocycles. The van der Waals surface area contributed by atoms with Crippen LogP contribution in [0.1, 0.15) is 32.0 Å². The summed E-state index contributed by atoms with van der Waals surface area (Å²) in [4.78, 5) is 8.67. The average molecular weight is 258 g/mol. The second kappa shape index (κ2) is 4.99. The highest BCUT2D eigenvalue weighted by molar-refractivity contribution is 5.69. The standard InChI is InChI=1S/C14H18N4O/c1-3-5-10-8-12(10)17-13-11(6-4-7-15-13)14-16-9(2)18-19-14/h4,6-7,10,12H,3,5,8H2,1-2H3,(H,15,17). The van der Waals surface area contributed by atoms with Gasteiger partial charge in [0.25, 0.3) is 5.89 Å². The van der Waals surface area contributed by atoms with Gasteiger partial charge in [-0.1, -0.05) is 18.5 Å². The molecule has 2 aromatic heterocycles. The third kappa shape index (κ3) is 2.59. The number of hydrogen-bond acceptors (Lipinski definition) is 5. The van der Waals surface area contributed by atoms with E-state index >= 15 is 0 Å². The molecule has 1 aliphatic carbocycles. The van der Waals surface area contributed by atoms with Gasteiger partial charge in [-0.3, -0.25) is 0 Å². The summed E-state index contributed by atoms with van der Waals surface area (Å²) in [5.74, 6) is 2.79. The van der Waals surface area contributed by atoms with Gasteiger partial charge in [0, 0.05) is 12.2 Å². The largest absolute Gasteiger partial charge is 0.366 e. The Morgan fingerprint density at radius 1 is 1.47 bits per heavy atom. The summed E-state index contributed by atoms with van der Waals surface area (Å²) in [6.07, 6.45) is 5.53. The first-order chi connectivity index (χ1) is 9.28. The molecule has 100 valence electrons. The molecular weight excluding hydrogens is 240 g/mol. The van der Waals surface area contributed by atoms with Crippen LogP contribution in [-0.4, -0.2) is 21.2 Å². The summed E-state index contributed by atoms with van der Waals surface area (Å²) in [6.45, 7) is 4.04. The summed E-state index contributed by atoms with van der Waals surface area (Å²) in [7, 11) is 0. The number of aromatic nitrogens is 3. The van der Waals surface area contributed by atoms with Gasteiger partial charge in [-0.2, -0.15) is 4.98 Å². The smallest absolute Gasteiger partial charge is 0.261 e. The van der Waals surface area contributed by atoms with Crippen molar-refractivity contribution in [3.8, 4) is 11.5 Å². The van der Waals surface area contributed by atoms with E-state index in [1.165, 1.54) is 19.3 Å². The summed E-state index contributed by atoms with van der Waals surface area (Å²) >= 11 is 0. The van der Waals surface area contributed by atoms with Crippen molar-refractivity contribution >= 4 is 5.82 Å². The zero-order chi connectivity index (χ0) is 13.2. The summed E-state index contributed by atoms with van der Waals surface area (Å²) in [5, 5.41) is 7.32. The molecular formula is C14H18N4O. The quantitative estimate of drug-likeness (QED) is 0.893. The van der Waals surface area contributed by atoms with Gasteiger partial charge in [0.2, 0.25) is 0 Å². The molecule has 2 unspecified atom stereocenters. The predicted octanol–water partition coefficient (Wildman–Crippen LogP) is 3.04. The lowest BCUT2D eigenvalue weighted by atomic mass is 10.2. The van der Waals surface area contributed by atoms with Gasteiger partial charge in [0.05, 0.1) is 5.56 Å². The minimum Gasteiger partial charge on any atom is -0.366 e. The second-order valence-electron chi connectivity index (χ2n) is 5.08. The fourth-order valence-electron chi connectivity index (χ4n) is 2.39. The van der Waals surface area contributed by atoms with Crippen molar-refractivity contribution in [1.29, 1.82) is 0 Å². The number of rotatable bonds is 5. The van der Waals surface area contributed by atoms with Crippen molar-refractivity contribution in [3.63, 3.8) is 0 Å². The topological polar surface area (TPSA) is 63.8 Å². The van der Waals surface area contributed by atoms with Crippen LogP contribution in [0.4, 0.5) is 5.82 Å². The fraction of sp³-hybridized carbons (Fsp3) is 0.500. The van der Waals surface area contributed by atoms with E-state index in [2.05, 4.69) is 27.4 Å². The minimum absolute atomic E-state index is 0.529. The van der Waals surface area contributed by atoms with E-state index in [1.807, 2.05) is 19.1 Å². The Bertz CT molecular complexity index is 566. The highest BCUT2D eigenvalue weighted by atomic mass is 16.5. The number of hydrogen-bond donors (Lipinski definition) is 1. The Morgan fingerprint density at radius 3 is 3.11 bits per heavy atom. The molecule has 1 N–H and O–H groups in total. The van der Waals surface area contributed by atoms with Crippen LogP contribution in [0.2, 0.25) is 0 Å². The molecule has 2 aromatic rings. The van der Waals surface area contributed by atoms with Crippen LogP contribution in [0.15, 0.2) is 22.9 Å². The molecule has 0 saturated heterocycles. The zero-order valence-corrected chi connectivity index (χ0v) is 11.3. The molecule has 2 atom stereocenters. The minimum atomic E-state index is 0.529. The van der Waals surface area contributed by atoms with Gasteiger partial charge in [-0.15, -0.1) is 0 Å². The first-order valence-electron chi connectivity index (χ1n) is 6.80. The van der Waals surface area contributed by atoms with Crippen LogP contribution < -0.4 is 5.32 Å². The van der Waals surface area contributed by atoms with Gasteiger partial charge in [-0.05, 0) is 37.8 Å². The van der Waals surface area contributed by atoms with Crippen LogP contribution in [0.5, 0.6) is 0 Å². The van der Waals surface area contributed by atoms with Crippen LogP contribution in [0.25, 0.3) is 11.5 Å². The Balaban J connectivity index is 1.79. The fourth-order valence-corrected chi connectivity index (χ4v) is 2.39. The number of pyridine rings is 1. The zero-order valence-electron chi connectivity index (χ0n) is 11.3. The molecule has 5 heteroatoms. The third-order valence-corrected chi connectivity index (χ3v) is 3.47. The molecule has 0 aliphatic heterocycles. The van der Waals surface area contributed by atoms with Crippen LogP contribution in [-0.2, 0) is 0 Å². The van der Waals surface area contributed by atoms with Gasteiger partial charge >= 0.3 is 0 Å². The average Bonchev–Trinajstić information content (AvgIpc) is 2.98. The van der Waals surface area contributed by atoms with Crippen molar-refractivity contribution < 1.29 is 4.52 Å². The lowest BCUT2D eigenvalue weighted by Gasteiger charge is -2.07. The van der Waals surface area contributed by atoms with E-state index in [9.17, 15) is 0 Å². The van der Waals surface area contributed by atoms with E-state index < -0.39 is 0 Å². The SMILES string of the molecule is CCCC1CC1Nc1ncccc1-c1nc(C)no1. The maximum atomic E-state index is 5.23. The van der Waals surface area contributed by atoms with Crippen molar-refractivity contribution in [1.82, 2.24) is 15.1 Å². The first kappa shape index (κ1) is 12.1.